The van der Waals surface area contributed by atoms with Crippen LogP contribution < -0.4 is 10.6 Å². The van der Waals surface area contributed by atoms with Crippen molar-refractivity contribution in [3.8, 4) is 0 Å². The van der Waals surface area contributed by atoms with Gasteiger partial charge in [-0.25, -0.2) is 0 Å². The van der Waals surface area contributed by atoms with Gasteiger partial charge in [0.15, 0.2) is 5.96 Å². The topological polar surface area (TPSA) is 63.2 Å². The van der Waals surface area contributed by atoms with Crippen molar-refractivity contribution >= 4 is 35.8 Å². The number of guanidine groups is 1. The zero-order chi connectivity index (χ0) is 20.8. The molecular formula is C23H43IN6O. The lowest BCUT2D eigenvalue weighted by atomic mass is 9.84. The minimum absolute atomic E-state index is 0. The Morgan fingerprint density at radius 3 is 2.35 bits per heavy atom. The molecule has 2 saturated heterocycles. The highest BCUT2D eigenvalue weighted by Crippen LogP contribution is 2.28. The first-order valence-corrected chi connectivity index (χ1v) is 12.5. The predicted octanol–water partition coefficient (Wildman–Crippen LogP) is 2.12. The summed E-state index contributed by atoms with van der Waals surface area (Å²) in [7, 11) is 0. The summed E-state index contributed by atoms with van der Waals surface area (Å²) >= 11 is 0. The molecule has 178 valence electrons. The van der Waals surface area contributed by atoms with Crippen LogP contribution in [0.25, 0.3) is 0 Å². The largest absolute Gasteiger partial charge is 0.357 e. The van der Waals surface area contributed by atoms with Gasteiger partial charge in [-0.15, -0.1) is 24.0 Å². The van der Waals surface area contributed by atoms with Gasteiger partial charge >= 0.3 is 0 Å². The second kappa shape index (κ2) is 12.6. The summed E-state index contributed by atoms with van der Waals surface area (Å²) in [4.78, 5) is 24.5. The Labute approximate surface area is 205 Å². The summed E-state index contributed by atoms with van der Waals surface area (Å²) < 4.78 is 0. The van der Waals surface area contributed by atoms with E-state index in [0.29, 0.717) is 17.9 Å². The fraction of sp³-hybridized carbons (Fsp3) is 0.913. The number of carbonyl (C=O) groups is 1. The van der Waals surface area contributed by atoms with Crippen molar-refractivity contribution in [2.75, 3.05) is 58.9 Å². The number of nitrogens with one attached hydrogen (secondary N) is 2. The van der Waals surface area contributed by atoms with E-state index in [9.17, 15) is 4.79 Å². The molecule has 0 bridgehead atoms. The quantitative estimate of drug-likeness (QED) is 0.291. The average Bonchev–Trinajstić information content (AvgIpc) is 3.39. The monoisotopic (exact) mass is 546 g/mol. The third-order valence-electron chi connectivity index (χ3n) is 7.57. The molecule has 4 rings (SSSR count). The molecule has 1 unspecified atom stereocenters. The van der Waals surface area contributed by atoms with Crippen LogP contribution in [-0.4, -0.2) is 97.6 Å². The summed E-state index contributed by atoms with van der Waals surface area (Å²) in [5.41, 5.74) is 0. The van der Waals surface area contributed by atoms with Crippen LogP contribution in [0.1, 0.15) is 58.3 Å². The van der Waals surface area contributed by atoms with E-state index in [1.165, 1.54) is 45.1 Å². The molecule has 4 fully saturated rings. The molecule has 0 radical (unpaired) electrons. The van der Waals surface area contributed by atoms with E-state index in [1.54, 1.807) is 0 Å². The van der Waals surface area contributed by atoms with Crippen molar-refractivity contribution in [3.05, 3.63) is 0 Å². The van der Waals surface area contributed by atoms with Gasteiger partial charge in [0.05, 0.1) is 6.54 Å². The van der Waals surface area contributed by atoms with Gasteiger partial charge in [0.25, 0.3) is 0 Å². The van der Waals surface area contributed by atoms with Gasteiger partial charge in [-0.3, -0.25) is 19.6 Å². The maximum absolute atomic E-state index is 12.4. The summed E-state index contributed by atoms with van der Waals surface area (Å²) in [6, 6.07) is 1.34. The number of amides is 1. The first-order valence-electron chi connectivity index (χ1n) is 12.5. The SMILES string of the molecule is CCNC(=NCCN1CCN(C(=O)C2CCC2)CC1)NC1CCN(C2CCCC2)C1.I. The fourth-order valence-electron chi connectivity index (χ4n) is 5.43. The maximum Gasteiger partial charge on any atom is 0.225 e. The number of piperazine rings is 1. The van der Waals surface area contributed by atoms with Crippen molar-refractivity contribution in [2.45, 2.75) is 70.4 Å². The summed E-state index contributed by atoms with van der Waals surface area (Å²) in [5.74, 6) is 1.70. The number of carbonyl (C=O) groups excluding carboxylic acids is 1. The molecule has 1 atom stereocenters. The van der Waals surface area contributed by atoms with Crippen LogP contribution in [0, 0.1) is 5.92 Å². The highest BCUT2D eigenvalue weighted by atomic mass is 127. The number of likely N-dealkylation sites (tertiary alicyclic amines) is 1. The summed E-state index contributed by atoms with van der Waals surface area (Å²) in [5, 5.41) is 7.11. The first-order chi connectivity index (χ1) is 14.7. The molecule has 0 aromatic carbocycles. The van der Waals surface area contributed by atoms with E-state index >= 15 is 0 Å². The Balaban J connectivity index is 0.00000272. The van der Waals surface area contributed by atoms with Crippen molar-refractivity contribution < 1.29 is 4.79 Å². The van der Waals surface area contributed by atoms with Gasteiger partial charge in [0.1, 0.15) is 0 Å². The smallest absolute Gasteiger partial charge is 0.225 e. The Hall–Kier alpha value is -0.610. The third-order valence-corrected chi connectivity index (χ3v) is 7.57. The van der Waals surface area contributed by atoms with E-state index in [0.717, 1.165) is 77.2 Å². The summed E-state index contributed by atoms with van der Waals surface area (Å²) in [6.45, 7) is 10.9. The molecule has 31 heavy (non-hydrogen) atoms. The molecule has 0 aromatic rings. The van der Waals surface area contributed by atoms with Crippen molar-refractivity contribution in [1.29, 1.82) is 0 Å². The second-order valence-electron chi connectivity index (χ2n) is 9.62. The molecule has 2 N–H and O–H groups in total. The number of halogens is 1. The van der Waals surface area contributed by atoms with Gasteiger partial charge in [-0.1, -0.05) is 19.3 Å². The number of aliphatic imine (C=N–C) groups is 1. The van der Waals surface area contributed by atoms with E-state index < -0.39 is 0 Å². The van der Waals surface area contributed by atoms with Gasteiger partial charge in [0.2, 0.25) is 5.91 Å². The Bertz CT molecular complexity index is 585. The maximum atomic E-state index is 12.4. The van der Waals surface area contributed by atoms with E-state index in [2.05, 4.69) is 32.3 Å². The van der Waals surface area contributed by atoms with Gasteiger partial charge in [0, 0.05) is 70.4 Å². The standard InChI is InChI=1S/C23H42N6O.HI/c1-2-24-23(26-20-10-12-29(18-20)21-8-3-4-9-21)25-11-13-27-14-16-28(17-15-27)22(30)19-6-5-7-19;/h19-21H,2-18H2,1H3,(H2,24,25,26);1H. The van der Waals surface area contributed by atoms with Crippen LogP contribution in [0.4, 0.5) is 0 Å². The normalized spacial score (nSPS) is 26.5. The van der Waals surface area contributed by atoms with Gasteiger partial charge < -0.3 is 15.5 Å². The molecule has 0 spiro atoms. The zero-order valence-electron chi connectivity index (χ0n) is 19.4. The van der Waals surface area contributed by atoms with Crippen LogP contribution >= 0.6 is 24.0 Å². The number of hydrogen-bond acceptors (Lipinski definition) is 4. The minimum atomic E-state index is 0. The van der Waals surface area contributed by atoms with Crippen LogP contribution in [0.3, 0.4) is 0 Å². The molecule has 0 aromatic heterocycles. The molecule has 8 heteroatoms. The van der Waals surface area contributed by atoms with Gasteiger partial charge in [-0.2, -0.15) is 0 Å². The van der Waals surface area contributed by atoms with Gasteiger partial charge in [-0.05, 0) is 39.0 Å². The van der Waals surface area contributed by atoms with Crippen molar-refractivity contribution in [3.63, 3.8) is 0 Å². The summed E-state index contributed by atoms with van der Waals surface area (Å²) in [6.07, 6.45) is 10.3. The second-order valence-corrected chi connectivity index (χ2v) is 9.62. The third kappa shape index (κ3) is 6.93. The van der Waals surface area contributed by atoms with Crippen LogP contribution in [0.5, 0.6) is 0 Å². The highest BCUT2D eigenvalue weighted by molar-refractivity contribution is 14.0. The lowest BCUT2D eigenvalue weighted by Gasteiger charge is -2.38. The molecule has 2 heterocycles. The van der Waals surface area contributed by atoms with E-state index in [-0.39, 0.29) is 24.0 Å². The number of rotatable bonds is 7. The Morgan fingerprint density at radius 2 is 1.71 bits per heavy atom. The predicted molar refractivity (Wildman–Crippen MR) is 137 cm³/mol. The lowest BCUT2D eigenvalue weighted by Crippen LogP contribution is -2.51. The molecule has 4 aliphatic rings. The fourth-order valence-corrected chi connectivity index (χ4v) is 5.43. The first kappa shape index (κ1) is 25.0. The van der Waals surface area contributed by atoms with Crippen LogP contribution in [0.2, 0.25) is 0 Å². The molecular weight excluding hydrogens is 503 g/mol. The number of hydrogen-bond donors (Lipinski definition) is 2. The van der Waals surface area contributed by atoms with Crippen molar-refractivity contribution in [2.24, 2.45) is 10.9 Å². The van der Waals surface area contributed by atoms with E-state index in [1.807, 2.05) is 0 Å². The molecule has 7 nitrogen and oxygen atoms in total. The minimum Gasteiger partial charge on any atom is -0.357 e. The Kier molecular flexibility index (Phi) is 10.2. The molecule has 2 aliphatic heterocycles. The molecule has 1 amide bonds. The lowest BCUT2D eigenvalue weighted by molar-refractivity contribution is -0.139. The highest BCUT2D eigenvalue weighted by Gasteiger charge is 2.31. The van der Waals surface area contributed by atoms with Crippen molar-refractivity contribution in [1.82, 2.24) is 25.3 Å². The Morgan fingerprint density at radius 1 is 0.968 bits per heavy atom. The van der Waals surface area contributed by atoms with E-state index in [4.69, 9.17) is 4.99 Å². The average molecular weight is 547 g/mol. The molecule has 2 saturated carbocycles. The zero-order valence-corrected chi connectivity index (χ0v) is 21.7. The number of nitrogens with zero attached hydrogens (tertiary/aromatic N) is 4. The molecule has 2 aliphatic carbocycles. The van der Waals surface area contributed by atoms with Crippen LogP contribution in [0.15, 0.2) is 4.99 Å². The van der Waals surface area contributed by atoms with Crippen LogP contribution in [-0.2, 0) is 4.79 Å².